The summed E-state index contributed by atoms with van der Waals surface area (Å²) in [5.41, 5.74) is 2.90. The fourth-order valence-electron chi connectivity index (χ4n) is 4.01. The third-order valence-electron chi connectivity index (χ3n) is 5.75. The van der Waals surface area contributed by atoms with Crippen LogP contribution in [0.3, 0.4) is 0 Å². The Morgan fingerprint density at radius 2 is 1.97 bits per heavy atom. The van der Waals surface area contributed by atoms with Crippen molar-refractivity contribution in [1.29, 1.82) is 0 Å². The second kappa shape index (κ2) is 9.41. The van der Waals surface area contributed by atoms with Crippen LogP contribution in [0, 0.1) is 6.92 Å². The number of thiazole rings is 1. The Labute approximate surface area is 217 Å². The predicted molar refractivity (Wildman–Crippen MR) is 144 cm³/mol. The standard InChI is InChI=1S/C26H20BrN3O3S2/c1-14-6-3-4-7-18(14)29-24(32)22-15(2)28-26-30(23(22)20-8-5-11-34-20)25(33)21(35-26)13-16-12-17(27)9-10-19(16)31/h3-13,23,31H,1-2H3,(H,29,32)/b21-13+. The average molecular weight is 567 g/mol. The highest BCUT2D eigenvalue weighted by Crippen LogP contribution is 2.33. The van der Waals surface area contributed by atoms with Gasteiger partial charge in [0.15, 0.2) is 4.80 Å². The number of hydrogen-bond acceptors (Lipinski definition) is 6. The maximum atomic E-state index is 13.6. The normalized spacial score (nSPS) is 15.6. The highest BCUT2D eigenvalue weighted by Gasteiger charge is 2.33. The van der Waals surface area contributed by atoms with E-state index in [4.69, 9.17) is 0 Å². The molecule has 0 saturated heterocycles. The van der Waals surface area contributed by atoms with E-state index in [1.54, 1.807) is 35.8 Å². The number of carbonyl (C=O) groups is 1. The van der Waals surface area contributed by atoms with Crippen LogP contribution in [0.4, 0.5) is 5.69 Å². The molecule has 176 valence electrons. The van der Waals surface area contributed by atoms with Crippen LogP contribution in [0.15, 0.2) is 85.5 Å². The molecule has 0 fully saturated rings. The average Bonchev–Trinajstić information content (AvgIpc) is 3.45. The Morgan fingerprint density at radius 1 is 1.17 bits per heavy atom. The lowest BCUT2D eigenvalue weighted by atomic mass is 10.0. The summed E-state index contributed by atoms with van der Waals surface area (Å²) in [6.07, 6.45) is 1.65. The number of hydrogen-bond donors (Lipinski definition) is 2. The Kier molecular flexibility index (Phi) is 6.31. The molecule has 0 aliphatic carbocycles. The number of thiophene rings is 1. The molecule has 2 N–H and O–H groups in total. The summed E-state index contributed by atoms with van der Waals surface area (Å²) in [5.74, 6) is -0.221. The number of nitrogens with zero attached hydrogens (tertiary/aromatic N) is 2. The highest BCUT2D eigenvalue weighted by atomic mass is 79.9. The summed E-state index contributed by atoms with van der Waals surface area (Å²) < 4.78 is 2.79. The van der Waals surface area contributed by atoms with Gasteiger partial charge in [-0.1, -0.05) is 51.5 Å². The number of para-hydroxylation sites is 1. The SMILES string of the molecule is CC1=C(C(=O)Nc2ccccc2C)C(c2cccs2)n2c(s/c(=C/c3cc(Br)ccc3O)c2=O)=N1. The zero-order chi connectivity index (χ0) is 24.7. The van der Waals surface area contributed by atoms with Gasteiger partial charge in [0, 0.05) is 20.6 Å². The Hall–Kier alpha value is -3.27. The molecule has 3 heterocycles. The molecule has 35 heavy (non-hydrogen) atoms. The van der Waals surface area contributed by atoms with E-state index in [9.17, 15) is 14.7 Å². The first-order valence-corrected chi connectivity index (χ1v) is 13.2. The lowest BCUT2D eigenvalue weighted by Gasteiger charge is -2.24. The third kappa shape index (κ3) is 4.42. The third-order valence-corrected chi connectivity index (χ3v) is 8.15. The molecule has 1 aliphatic rings. The minimum absolute atomic E-state index is 0.0725. The highest BCUT2D eigenvalue weighted by molar-refractivity contribution is 9.10. The Balaban J connectivity index is 1.67. The fraction of sp³-hybridized carbons (Fsp3) is 0.115. The number of phenols is 1. The molecule has 2 aromatic heterocycles. The topological polar surface area (TPSA) is 83.7 Å². The van der Waals surface area contributed by atoms with Gasteiger partial charge in [0.2, 0.25) is 0 Å². The van der Waals surface area contributed by atoms with Crippen molar-refractivity contribution in [3.63, 3.8) is 0 Å². The van der Waals surface area contributed by atoms with Crippen molar-refractivity contribution in [3.8, 4) is 5.75 Å². The van der Waals surface area contributed by atoms with E-state index in [0.29, 0.717) is 31.9 Å². The van der Waals surface area contributed by atoms with Gasteiger partial charge in [0.05, 0.1) is 15.8 Å². The van der Waals surface area contributed by atoms with E-state index in [1.807, 2.05) is 48.7 Å². The molecule has 0 bridgehead atoms. The number of aromatic nitrogens is 1. The minimum Gasteiger partial charge on any atom is -0.507 e. The zero-order valence-corrected chi connectivity index (χ0v) is 22.0. The van der Waals surface area contributed by atoms with Gasteiger partial charge in [-0.15, -0.1) is 11.3 Å². The van der Waals surface area contributed by atoms with Crippen LogP contribution in [0.2, 0.25) is 0 Å². The van der Waals surface area contributed by atoms with Gasteiger partial charge in [-0.05, 0) is 61.2 Å². The molecule has 0 saturated carbocycles. The van der Waals surface area contributed by atoms with Crippen molar-refractivity contribution >= 4 is 56.3 Å². The largest absolute Gasteiger partial charge is 0.507 e. The van der Waals surface area contributed by atoms with Crippen LogP contribution in [0.5, 0.6) is 5.75 Å². The van der Waals surface area contributed by atoms with Gasteiger partial charge >= 0.3 is 0 Å². The molecule has 1 amide bonds. The summed E-state index contributed by atoms with van der Waals surface area (Å²) in [5, 5.41) is 15.2. The predicted octanol–water partition coefficient (Wildman–Crippen LogP) is 4.71. The smallest absolute Gasteiger partial charge is 0.271 e. The van der Waals surface area contributed by atoms with Crippen molar-refractivity contribution in [2.75, 3.05) is 5.32 Å². The van der Waals surface area contributed by atoms with Crippen molar-refractivity contribution in [1.82, 2.24) is 4.57 Å². The molecule has 4 aromatic rings. The van der Waals surface area contributed by atoms with Crippen LogP contribution in [0.1, 0.15) is 29.0 Å². The summed E-state index contributed by atoms with van der Waals surface area (Å²) in [4.78, 5) is 33.2. The first kappa shape index (κ1) is 23.5. The number of allylic oxidation sites excluding steroid dienone is 1. The Bertz CT molecular complexity index is 1670. The molecule has 6 nitrogen and oxygen atoms in total. The minimum atomic E-state index is -0.603. The second-order valence-electron chi connectivity index (χ2n) is 8.07. The van der Waals surface area contributed by atoms with Crippen molar-refractivity contribution in [3.05, 3.63) is 111 Å². The van der Waals surface area contributed by atoms with Gasteiger partial charge < -0.3 is 10.4 Å². The van der Waals surface area contributed by atoms with Crippen LogP contribution >= 0.6 is 38.6 Å². The van der Waals surface area contributed by atoms with E-state index >= 15 is 0 Å². The zero-order valence-electron chi connectivity index (χ0n) is 18.8. The van der Waals surface area contributed by atoms with Crippen LogP contribution in [-0.4, -0.2) is 15.6 Å². The van der Waals surface area contributed by atoms with Gasteiger partial charge in [0.25, 0.3) is 11.5 Å². The molecule has 5 rings (SSSR count). The number of halogens is 1. The molecule has 0 spiro atoms. The number of aryl methyl sites for hydroxylation is 1. The molecule has 2 aromatic carbocycles. The van der Waals surface area contributed by atoms with Crippen molar-refractivity contribution < 1.29 is 9.90 Å². The maximum absolute atomic E-state index is 13.6. The number of rotatable bonds is 4. The maximum Gasteiger partial charge on any atom is 0.271 e. The van der Waals surface area contributed by atoms with Gasteiger partial charge in [-0.3, -0.25) is 14.2 Å². The van der Waals surface area contributed by atoms with E-state index in [-0.39, 0.29) is 17.2 Å². The molecular formula is C26H20BrN3O3S2. The van der Waals surface area contributed by atoms with E-state index < -0.39 is 6.04 Å². The van der Waals surface area contributed by atoms with E-state index in [0.717, 1.165) is 14.9 Å². The van der Waals surface area contributed by atoms with E-state index in [2.05, 4.69) is 26.2 Å². The van der Waals surface area contributed by atoms with Crippen LogP contribution in [-0.2, 0) is 4.79 Å². The van der Waals surface area contributed by atoms with Crippen molar-refractivity contribution in [2.45, 2.75) is 19.9 Å². The number of fused-ring (bicyclic) bond motifs is 1. The molecule has 1 unspecified atom stereocenters. The van der Waals surface area contributed by atoms with E-state index in [1.165, 1.54) is 22.7 Å². The number of nitrogens with one attached hydrogen (secondary N) is 1. The molecular weight excluding hydrogens is 546 g/mol. The van der Waals surface area contributed by atoms with Crippen LogP contribution < -0.4 is 20.2 Å². The summed E-state index contributed by atoms with van der Waals surface area (Å²) in [6.45, 7) is 3.73. The first-order chi connectivity index (χ1) is 16.8. The summed E-state index contributed by atoms with van der Waals surface area (Å²) >= 11 is 6.13. The number of aromatic hydroxyl groups is 1. The lowest BCUT2D eigenvalue weighted by molar-refractivity contribution is -0.113. The van der Waals surface area contributed by atoms with Gasteiger partial charge in [-0.25, -0.2) is 4.99 Å². The number of phenolic OH excluding ortho intramolecular Hbond substituents is 1. The molecule has 9 heteroatoms. The quantitative estimate of drug-likeness (QED) is 0.376. The molecule has 0 radical (unpaired) electrons. The number of carbonyl (C=O) groups excluding carboxylic acids is 1. The van der Waals surface area contributed by atoms with Crippen molar-refractivity contribution in [2.24, 2.45) is 4.99 Å². The number of amides is 1. The Morgan fingerprint density at radius 3 is 2.71 bits per heavy atom. The molecule has 1 aliphatic heterocycles. The van der Waals surface area contributed by atoms with Gasteiger partial charge in [0.1, 0.15) is 11.8 Å². The summed E-state index contributed by atoms with van der Waals surface area (Å²) in [7, 11) is 0. The number of benzene rings is 2. The van der Waals surface area contributed by atoms with Gasteiger partial charge in [-0.2, -0.15) is 0 Å². The fourth-order valence-corrected chi connectivity index (χ4v) is 6.25. The monoisotopic (exact) mass is 565 g/mol. The second-order valence-corrected chi connectivity index (χ2v) is 11.0. The van der Waals surface area contributed by atoms with Crippen LogP contribution in [0.25, 0.3) is 6.08 Å². The summed E-state index contributed by atoms with van der Waals surface area (Å²) in [6, 6.07) is 15.8. The lowest BCUT2D eigenvalue weighted by Crippen LogP contribution is -2.40. The number of anilines is 1. The molecule has 1 atom stereocenters. The first-order valence-electron chi connectivity index (χ1n) is 10.7.